The zero-order chi connectivity index (χ0) is 27.8. The van der Waals surface area contributed by atoms with Crippen LogP contribution in [0.3, 0.4) is 0 Å². The van der Waals surface area contributed by atoms with Crippen molar-refractivity contribution in [2.24, 2.45) is 0 Å². The molecule has 1 aliphatic carbocycles. The standard InChI is InChI=1S/C28H32N4O.C2H2O4/c1-2-31-16-18-32(19-17-31)27-25-9-5-4-8-22(25)21-26(30-27)23-11-15-29-24(20-23)10-14-28(33)12-6-3-7-13-28;3-1(4)2(5)6/h4-5,8-9,11,15,20-21,33H,2-3,6-7,12-13,16-19H2,1H3;(H,3,4)(H,5,6). The van der Waals surface area contributed by atoms with Gasteiger partial charge in [0.2, 0.25) is 0 Å². The normalized spacial score (nSPS) is 16.9. The molecule has 1 aliphatic heterocycles. The fraction of sp³-hybridized carbons (Fsp3) is 0.400. The van der Waals surface area contributed by atoms with E-state index in [9.17, 15) is 5.11 Å². The van der Waals surface area contributed by atoms with E-state index in [1.807, 2.05) is 12.1 Å². The number of aliphatic hydroxyl groups is 1. The summed E-state index contributed by atoms with van der Waals surface area (Å²) in [6.07, 6.45) is 6.55. The third-order valence-electron chi connectivity index (χ3n) is 7.18. The van der Waals surface area contributed by atoms with Gasteiger partial charge in [0.25, 0.3) is 0 Å². The molecule has 0 radical (unpaired) electrons. The minimum absolute atomic E-state index is 0.680. The maximum Gasteiger partial charge on any atom is 0.414 e. The zero-order valence-electron chi connectivity index (χ0n) is 22.1. The number of benzene rings is 1. The Kier molecular flexibility index (Phi) is 9.12. The van der Waals surface area contributed by atoms with E-state index in [0.717, 1.165) is 75.5 Å². The second kappa shape index (κ2) is 12.7. The molecular weight excluding hydrogens is 496 g/mol. The minimum Gasteiger partial charge on any atom is -0.473 e. The van der Waals surface area contributed by atoms with Crippen LogP contribution in [0.1, 0.15) is 44.7 Å². The number of pyridine rings is 2. The number of carbonyl (C=O) groups is 2. The maximum atomic E-state index is 10.7. The highest BCUT2D eigenvalue weighted by Gasteiger charge is 2.26. The summed E-state index contributed by atoms with van der Waals surface area (Å²) in [6, 6.07) is 14.6. The van der Waals surface area contributed by atoms with Gasteiger partial charge in [0.05, 0.1) is 5.69 Å². The van der Waals surface area contributed by atoms with E-state index in [4.69, 9.17) is 24.8 Å². The first-order valence-corrected chi connectivity index (χ1v) is 13.3. The van der Waals surface area contributed by atoms with Crippen molar-refractivity contribution in [3.63, 3.8) is 0 Å². The number of anilines is 1. The Bertz CT molecular complexity index is 1370. The van der Waals surface area contributed by atoms with Crippen LogP contribution in [0.15, 0.2) is 48.7 Å². The monoisotopic (exact) mass is 530 g/mol. The SMILES string of the molecule is CCN1CCN(c2nc(-c3ccnc(C#CC4(O)CCCCC4)c3)cc3ccccc23)CC1.O=C(O)C(=O)O. The Hall–Kier alpha value is -4.00. The van der Waals surface area contributed by atoms with Crippen molar-refractivity contribution in [1.29, 1.82) is 0 Å². The first-order chi connectivity index (χ1) is 18.8. The van der Waals surface area contributed by atoms with Gasteiger partial charge in [0.15, 0.2) is 0 Å². The van der Waals surface area contributed by atoms with Gasteiger partial charge >= 0.3 is 11.9 Å². The molecule has 204 valence electrons. The summed E-state index contributed by atoms with van der Waals surface area (Å²) >= 11 is 0. The number of hydrogen-bond donors (Lipinski definition) is 3. The fourth-order valence-electron chi connectivity index (χ4n) is 4.95. The molecular formula is C30H34N4O5. The highest BCUT2D eigenvalue weighted by atomic mass is 16.4. The van der Waals surface area contributed by atoms with Crippen molar-refractivity contribution in [2.75, 3.05) is 37.6 Å². The summed E-state index contributed by atoms with van der Waals surface area (Å²) in [4.78, 5) is 32.7. The highest BCUT2D eigenvalue weighted by Crippen LogP contribution is 2.31. The average molecular weight is 531 g/mol. The predicted octanol–water partition coefficient (Wildman–Crippen LogP) is 3.64. The third-order valence-corrected chi connectivity index (χ3v) is 7.18. The lowest BCUT2D eigenvalue weighted by molar-refractivity contribution is -0.159. The number of rotatable bonds is 3. The van der Waals surface area contributed by atoms with Gasteiger partial charge in [-0.3, -0.25) is 0 Å². The molecule has 1 aromatic carbocycles. The number of hydrogen-bond acceptors (Lipinski definition) is 7. The lowest BCUT2D eigenvalue weighted by Gasteiger charge is -2.35. The van der Waals surface area contributed by atoms with E-state index in [2.05, 4.69) is 63.9 Å². The molecule has 3 N–H and O–H groups in total. The van der Waals surface area contributed by atoms with Crippen molar-refractivity contribution in [3.8, 4) is 23.1 Å². The molecule has 2 aliphatic rings. The van der Waals surface area contributed by atoms with Gasteiger partial charge in [-0.1, -0.05) is 43.5 Å². The Labute approximate surface area is 228 Å². The van der Waals surface area contributed by atoms with Crippen LogP contribution >= 0.6 is 0 Å². The van der Waals surface area contributed by atoms with Crippen molar-refractivity contribution >= 4 is 28.5 Å². The molecule has 0 bridgehead atoms. The van der Waals surface area contributed by atoms with E-state index in [0.29, 0.717) is 5.69 Å². The van der Waals surface area contributed by atoms with Crippen molar-refractivity contribution in [3.05, 3.63) is 54.4 Å². The highest BCUT2D eigenvalue weighted by molar-refractivity contribution is 6.27. The Balaban J connectivity index is 0.000000531. The minimum atomic E-state index is -1.82. The summed E-state index contributed by atoms with van der Waals surface area (Å²) in [7, 11) is 0. The number of carboxylic acids is 2. The Morgan fingerprint density at radius 1 is 0.974 bits per heavy atom. The molecule has 0 unspecified atom stereocenters. The number of aliphatic carboxylic acids is 2. The lowest BCUT2D eigenvalue weighted by Crippen LogP contribution is -2.46. The molecule has 9 heteroatoms. The molecule has 0 spiro atoms. The molecule has 3 heterocycles. The molecule has 0 atom stereocenters. The molecule has 2 fully saturated rings. The van der Waals surface area contributed by atoms with Crippen LogP contribution in [0.2, 0.25) is 0 Å². The van der Waals surface area contributed by atoms with E-state index >= 15 is 0 Å². The topological polar surface area (TPSA) is 127 Å². The number of piperazine rings is 1. The lowest BCUT2D eigenvalue weighted by atomic mass is 9.85. The van der Waals surface area contributed by atoms with Gasteiger partial charge in [-0.2, -0.15) is 0 Å². The zero-order valence-corrected chi connectivity index (χ0v) is 22.1. The van der Waals surface area contributed by atoms with Gasteiger partial charge < -0.3 is 25.1 Å². The number of likely N-dealkylation sites (N-methyl/N-ethyl adjacent to an activating group) is 1. The van der Waals surface area contributed by atoms with Crippen molar-refractivity contribution in [1.82, 2.24) is 14.9 Å². The van der Waals surface area contributed by atoms with Gasteiger partial charge in [0.1, 0.15) is 17.1 Å². The summed E-state index contributed by atoms with van der Waals surface area (Å²) in [5.41, 5.74) is 1.75. The summed E-state index contributed by atoms with van der Waals surface area (Å²) < 4.78 is 0. The molecule has 39 heavy (non-hydrogen) atoms. The van der Waals surface area contributed by atoms with Gasteiger partial charge in [-0.05, 0) is 61.7 Å². The second-order valence-electron chi connectivity index (χ2n) is 9.86. The maximum absolute atomic E-state index is 10.7. The summed E-state index contributed by atoms with van der Waals surface area (Å²) in [5.74, 6) is 3.65. The van der Waals surface area contributed by atoms with Crippen LogP contribution in [0.5, 0.6) is 0 Å². The van der Waals surface area contributed by atoms with E-state index in [-0.39, 0.29) is 0 Å². The van der Waals surface area contributed by atoms with Gasteiger partial charge in [-0.25, -0.2) is 19.6 Å². The van der Waals surface area contributed by atoms with E-state index in [1.165, 1.54) is 17.2 Å². The fourth-order valence-corrected chi connectivity index (χ4v) is 4.95. The number of nitrogens with zero attached hydrogens (tertiary/aromatic N) is 4. The largest absolute Gasteiger partial charge is 0.473 e. The third kappa shape index (κ3) is 7.31. The van der Waals surface area contributed by atoms with Crippen molar-refractivity contribution < 1.29 is 24.9 Å². The Morgan fingerprint density at radius 3 is 2.33 bits per heavy atom. The predicted molar refractivity (Wildman–Crippen MR) is 149 cm³/mol. The van der Waals surface area contributed by atoms with Gasteiger partial charge in [0, 0.05) is 43.3 Å². The van der Waals surface area contributed by atoms with Crippen molar-refractivity contribution in [2.45, 2.75) is 44.6 Å². The molecule has 5 rings (SSSR count). The second-order valence-corrected chi connectivity index (χ2v) is 9.86. The average Bonchev–Trinajstić information content (AvgIpc) is 2.96. The summed E-state index contributed by atoms with van der Waals surface area (Å²) in [6.45, 7) is 7.42. The van der Waals surface area contributed by atoms with E-state index in [1.54, 1.807) is 6.20 Å². The van der Waals surface area contributed by atoms with Crippen LogP contribution < -0.4 is 4.90 Å². The Morgan fingerprint density at radius 2 is 1.67 bits per heavy atom. The van der Waals surface area contributed by atoms with E-state index < -0.39 is 17.5 Å². The van der Waals surface area contributed by atoms with Crippen LogP contribution in [-0.2, 0) is 9.59 Å². The number of carboxylic acid groups (broad SMARTS) is 2. The molecule has 9 nitrogen and oxygen atoms in total. The molecule has 1 saturated heterocycles. The van der Waals surface area contributed by atoms with Crippen LogP contribution in [0.25, 0.3) is 22.0 Å². The smallest absolute Gasteiger partial charge is 0.414 e. The van der Waals surface area contributed by atoms with Crippen LogP contribution in [-0.4, -0.2) is 80.5 Å². The van der Waals surface area contributed by atoms with Crippen LogP contribution in [0, 0.1) is 11.8 Å². The first kappa shape index (κ1) is 28.0. The van der Waals surface area contributed by atoms with Crippen LogP contribution in [0.4, 0.5) is 5.82 Å². The number of fused-ring (bicyclic) bond motifs is 1. The quantitative estimate of drug-likeness (QED) is 0.344. The molecule has 2 aromatic heterocycles. The number of aromatic nitrogens is 2. The first-order valence-electron chi connectivity index (χ1n) is 13.3. The molecule has 3 aromatic rings. The summed E-state index contributed by atoms with van der Waals surface area (Å²) in [5, 5.41) is 27.9. The molecule has 0 amide bonds. The molecule has 1 saturated carbocycles. The van der Waals surface area contributed by atoms with Gasteiger partial charge in [-0.15, -0.1) is 0 Å².